The maximum Gasteiger partial charge on any atom is 0.328 e. The van der Waals surface area contributed by atoms with Gasteiger partial charge in [0, 0.05) is 0 Å². The van der Waals surface area contributed by atoms with E-state index in [1.165, 1.54) is 83.5 Å². The second-order valence-electron chi connectivity index (χ2n) is 10.5. The second kappa shape index (κ2) is 19.3. The molecule has 0 spiro atoms. The molecular weight excluding hydrogens is 448 g/mol. The molecule has 206 valence electrons. The summed E-state index contributed by atoms with van der Waals surface area (Å²) in [5, 5.41) is 0. The van der Waals surface area contributed by atoms with Crippen LogP contribution in [0.1, 0.15) is 141 Å². The van der Waals surface area contributed by atoms with E-state index in [1.807, 2.05) is 39.8 Å². The zero-order valence-corrected chi connectivity index (χ0v) is 24.1. The lowest BCUT2D eigenvalue weighted by atomic mass is 9.82. The van der Waals surface area contributed by atoms with Crippen molar-refractivity contribution < 1.29 is 19.1 Å². The number of carbonyl (C=O) groups is 2. The van der Waals surface area contributed by atoms with Gasteiger partial charge in [-0.1, -0.05) is 123 Å². The Balaban J connectivity index is 2.20. The number of aryl methyl sites for hydroxylation is 1. The molecule has 0 bridgehead atoms. The van der Waals surface area contributed by atoms with Crippen molar-refractivity contribution in [3.63, 3.8) is 0 Å². The summed E-state index contributed by atoms with van der Waals surface area (Å²) in [4.78, 5) is 26.0. The van der Waals surface area contributed by atoms with Crippen LogP contribution < -0.4 is 4.74 Å². The standard InChI is InChI=1S/C32H54O4/c1-6-9-10-11-12-13-14-15-16-17-18-19-20-21-22-26-35-30(33)32(7-2,8-3)31(34)36-29-25-23-24-27(4)28(29)5/h23-25H,6-22,26H2,1-5H3. The molecule has 0 atom stereocenters. The van der Waals surface area contributed by atoms with Crippen LogP contribution in [0.2, 0.25) is 0 Å². The van der Waals surface area contributed by atoms with Crippen molar-refractivity contribution in [1.82, 2.24) is 0 Å². The molecule has 0 radical (unpaired) electrons. The summed E-state index contributed by atoms with van der Waals surface area (Å²) in [6.07, 6.45) is 20.2. The fraction of sp³-hybridized carbons (Fsp3) is 0.750. The van der Waals surface area contributed by atoms with Crippen LogP contribution in [-0.4, -0.2) is 18.5 Å². The third kappa shape index (κ3) is 11.5. The van der Waals surface area contributed by atoms with E-state index >= 15 is 0 Å². The molecule has 4 heteroatoms. The Morgan fingerprint density at radius 3 is 1.61 bits per heavy atom. The molecule has 0 amide bonds. The van der Waals surface area contributed by atoms with Gasteiger partial charge in [0.1, 0.15) is 5.75 Å². The van der Waals surface area contributed by atoms with Crippen LogP contribution in [0.5, 0.6) is 5.75 Å². The van der Waals surface area contributed by atoms with Crippen LogP contribution in [0.15, 0.2) is 18.2 Å². The summed E-state index contributed by atoms with van der Waals surface area (Å²) in [7, 11) is 0. The van der Waals surface area contributed by atoms with Crippen molar-refractivity contribution in [3.05, 3.63) is 29.3 Å². The molecule has 0 aliphatic rings. The van der Waals surface area contributed by atoms with Crippen molar-refractivity contribution in [2.45, 2.75) is 144 Å². The van der Waals surface area contributed by atoms with Gasteiger partial charge in [0.2, 0.25) is 0 Å². The minimum absolute atomic E-state index is 0.366. The zero-order valence-electron chi connectivity index (χ0n) is 24.1. The second-order valence-corrected chi connectivity index (χ2v) is 10.5. The Kier molecular flexibility index (Phi) is 17.3. The van der Waals surface area contributed by atoms with E-state index < -0.39 is 17.4 Å². The number of ether oxygens (including phenoxy) is 2. The SMILES string of the molecule is CCCCCCCCCCCCCCCCCOC(=O)C(CC)(CC)C(=O)Oc1cccc(C)c1C. The highest BCUT2D eigenvalue weighted by atomic mass is 16.6. The molecule has 0 heterocycles. The topological polar surface area (TPSA) is 52.6 Å². The summed E-state index contributed by atoms with van der Waals surface area (Å²) in [5.74, 6) is -0.447. The monoisotopic (exact) mass is 502 g/mol. The number of benzene rings is 1. The molecule has 0 aliphatic carbocycles. The van der Waals surface area contributed by atoms with E-state index in [-0.39, 0.29) is 0 Å². The highest BCUT2D eigenvalue weighted by Crippen LogP contribution is 2.32. The van der Waals surface area contributed by atoms with Crippen molar-refractivity contribution in [3.8, 4) is 5.75 Å². The van der Waals surface area contributed by atoms with Crippen LogP contribution in [0, 0.1) is 19.3 Å². The lowest BCUT2D eigenvalue weighted by molar-refractivity contribution is -0.168. The molecule has 1 aromatic carbocycles. The van der Waals surface area contributed by atoms with Gasteiger partial charge in [-0.05, 0) is 50.3 Å². The van der Waals surface area contributed by atoms with E-state index in [0.717, 1.165) is 24.0 Å². The zero-order chi connectivity index (χ0) is 26.7. The van der Waals surface area contributed by atoms with Gasteiger partial charge in [0.25, 0.3) is 0 Å². The van der Waals surface area contributed by atoms with Gasteiger partial charge < -0.3 is 9.47 Å². The van der Waals surface area contributed by atoms with Crippen LogP contribution >= 0.6 is 0 Å². The molecule has 1 rings (SSSR count). The van der Waals surface area contributed by atoms with Gasteiger partial charge >= 0.3 is 11.9 Å². The van der Waals surface area contributed by atoms with Gasteiger partial charge in [0.15, 0.2) is 5.41 Å². The Hall–Kier alpha value is -1.84. The number of unbranched alkanes of at least 4 members (excludes halogenated alkanes) is 14. The van der Waals surface area contributed by atoms with Gasteiger partial charge in [-0.25, -0.2) is 0 Å². The summed E-state index contributed by atoms with van der Waals surface area (Å²) >= 11 is 0. The maximum atomic E-state index is 13.1. The quantitative estimate of drug-likeness (QED) is 0.0727. The molecule has 0 unspecified atom stereocenters. The van der Waals surface area contributed by atoms with E-state index in [2.05, 4.69) is 6.92 Å². The summed E-state index contributed by atoms with van der Waals surface area (Å²) in [5.41, 5.74) is 0.721. The first kappa shape index (κ1) is 32.2. The van der Waals surface area contributed by atoms with Crippen molar-refractivity contribution in [2.24, 2.45) is 5.41 Å². The Bertz CT molecular complexity index is 736. The average Bonchev–Trinajstić information content (AvgIpc) is 2.87. The van der Waals surface area contributed by atoms with Gasteiger partial charge in [-0.15, -0.1) is 0 Å². The van der Waals surface area contributed by atoms with E-state index in [9.17, 15) is 9.59 Å². The summed E-state index contributed by atoms with van der Waals surface area (Å²) in [6, 6.07) is 5.61. The summed E-state index contributed by atoms with van der Waals surface area (Å²) < 4.78 is 11.3. The van der Waals surface area contributed by atoms with Gasteiger partial charge in [0.05, 0.1) is 6.61 Å². The number of hydrogen-bond acceptors (Lipinski definition) is 4. The van der Waals surface area contributed by atoms with Crippen LogP contribution in [0.4, 0.5) is 0 Å². The average molecular weight is 503 g/mol. The molecular formula is C32H54O4. The van der Waals surface area contributed by atoms with Crippen LogP contribution in [0.25, 0.3) is 0 Å². The van der Waals surface area contributed by atoms with Crippen molar-refractivity contribution >= 4 is 11.9 Å². The fourth-order valence-corrected chi connectivity index (χ4v) is 4.72. The first-order valence-electron chi connectivity index (χ1n) is 14.9. The predicted octanol–water partition coefficient (Wildman–Crippen LogP) is 9.43. The smallest absolute Gasteiger partial charge is 0.328 e. The van der Waals surface area contributed by atoms with Crippen LogP contribution in [0.3, 0.4) is 0 Å². The highest BCUT2D eigenvalue weighted by molar-refractivity contribution is 6.00. The minimum atomic E-state index is -1.24. The predicted molar refractivity (Wildman–Crippen MR) is 150 cm³/mol. The molecule has 1 aromatic rings. The number of rotatable bonds is 21. The molecule has 0 saturated carbocycles. The number of esters is 2. The molecule has 36 heavy (non-hydrogen) atoms. The first-order chi connectivity index (χ1) is 17.4. The van der Waals surface area contributed by atoms with E-state index in [4.69, 9.17) is 9.47 Å². The Morgan fingerprint density at radius 1 is 0.667 bits per heavy atom. The summed E-state index contributed by atoms with van der Waals surface area (Å²) in [6.45, 7) is 10.2. The molecule has 0 fully saturated rings. The van der Waals surface area contributed by atoms with E-state index in [0.29, 0.717) is 25.2 Å². The van der Waals surface area contributed by atoms with Crippen molar-refractivity contribution in [1.29, 1.82) is 0 Å². The van der Waals surface area contributed by atoms with Gasteiger partial charge in [-0.2, -0.15) is 0 Å². The van der Waals surface area contributed by atoms with Crippen LogP contribution in [-0.2, 0) is 14.3 Å². The first-order valence-corrected chi connectivity index (χ1v) is 14.9. The Labute approximate surface area is 221 Å². The lowest BCUT2D eigenvalue weighted by Crippen LogP contribution is -2.42. The normalized spacial score (nSPS) is 11.5. The molecule has 0 aromatic heterocycles. The molecule has 0 saturated heterocycles. The maximum absolute atomic E-state index is 13.1. The highest BCUT2D eigenvalue weighted by Gasteiger charge is 2.46. The van der Waals surface area contributed by atoms with E-state index in [1.54, 1.807) is 6.07 Å². The van der Waals surface area contributed by atoms with Crippen molar-refractivity contribution in [2.75, 3.05) is 6.61 Å². The number of carbonyl (C=O) groups excluding carboxylic acids is 2. The van der Waals surface area contributed by atoms with Gasteiger partial charge in [-0.3, -0.25) is 9.59 Å². The molecule has 0 aliphatic heterocycles. The lowest BCUT2D eigenvalue weighted by Gasteiger charge is -2.27. The fourth-order valence-electron chi connectivity index (χ4n) is 4.72. The Morgan fingerprint density at radius 2 is 1.14 bits per heavy atom. The third-order valence-electron chi connectivity index (χ3n) is 7.73. The largest absolute Gasteiger partial charge is 0.465 e. The third-order valence-corrected chi connectivity index (χ3v) is 7.73. The molecule has 0 N–H and O–H groups in total. The minimum Gasteiger partial charge on any atom is -0.465 e. The molecule has 4 nitrogen and oxygen atoms in total. The number of hydrogen-bond donors (Lipinski definition) is 0.